The molecule has 3 N–H and O–H groups in total. The number of rotatable bonds is 6. The average molecular weight is 452 g/mol. The number of fused-ring (bicyclic) bond motifs is 1. The molecular formula is C19H23Cl2N7O2. The Morgan fingerprint density at radius 3 is 2.40 bits per heavy atom. The molecule has 3 rings (SSSR count). The van der Waals surface area contributed by atoms with E-state index in [4.69, 9.17) is 33.9 Å². The number of hydrogen-bond acceptors (Lipinski definition) is 6. The number of urea groups is 1. The molecule has 0 aromatic carbocycles. The molecule has 9 nitrogen and oxygen atoms in total. The third-order valence-corrected chi connectivity index (χ3v) is 5.01. The molecule has 30 heavy (non-hydrogen) atoms. The second kappa shape index (κ2) is 8.63. The zero-order valence-corrected chi connectivity index (χ0v) is 18.6. The Morgan fingerprint density at radius 1 is 1.23 bits per heavy atom. The molecular weight excluding hydrogens is 429 g/mol. The summed E-state index contributed by atoms with van der Waals surface area (Å²) in [6, 6.07) is 3.99. The van der Waals surface area contributed by atoms with Gasteiger partial charge in [0.05, 0.1) is 24.5 Å². The number of aromatic nitrogens is 4. The predicted octanol–water partition coefficient (Wildman–Crippen LogP) is 3.40. The smallest absolute Gasteiger partial charge is 0.338 e. The minimum absolute atomic E-state index is 0.0490. The van der Waals surface area contributed by atoms with Crippen LogP contribution in [0.2, 0.25) is 10.3 Å². The van der Waals surface area contributed by atoms with Crippen molar-refractivity contribution in [3.8, 4) is 0 Å². The van der Waals surface area contributed by atoms with Crippen molar-refractivity contribution in [1.82, 2.24) is 19.7 Å². The quantitative estimate of drug-likeness (QED) is 0.438. The van der Waals surface area contributed by atoms with Gasteiger partial charge in [-0.15, -0.1) is 0 Å². The maximum Gasteiger partial charge on any atom is 0.338 e. The predicted molar refractivity (Wildman–Crippen MR) is 118 cm³/mol. The molecule has 0 aliphatic heterocycles. The van der Waals surface area contributed by atoms with Crippen molar-refractivity contribution < 1.29 is 9.90 Å². The average Bonchev–Trinajstić information content (AvgIpc) is 2.93. The number of hydrogen-bond donors (Lipinski definition) is 2. The number of aryl methyl sites for hydroxylation is 2. The highest BCUT2D eigenvalue weighted by Crippen LogP contribution is 2.32. The lowest BCUT2D eigenvalue weighted by atomic mass is 9.99. The molecule has 0 saturated heterocycles. The molecule has 0 aliphatic carbocycles. The fourth-order valence-corrected chi connectivity index (χ4v) is 3.87. The molecule has 3 heterocycles. The first-order valence-corrected chi connectivity index (χ1v) is 10.0. The number of primary amides is 1. The van der Waals surface area contributed by atoms with Gasteiger partial charge in [-0.05, 0) is 24.5 Å². The summed E-state index contributed by atoms with van der Waals surface area (Å²) in [5.41, 5.74) is 8.53. The number of nitrogens with two attached hydrogens (primary N) is 1. The standard InChI is InChI=1S/C19H23Cl2N7O2/c1-10(2)13-9-16(24-18-17(13)11(3)25-26(18)4)27(5-6-29)28(19(22)30)12-7-14(20)23-15(21)8-12/h7-10,29H,5-6H2,1-4H3,(H2,22,30). The Kier molecular flexibility index (Phi) is 6.35. The summed E-state index contributed by atoms with van der Waals surface area (Å²) in [6.45, 7) is 5.86. The van der Waals surface area contributed by atoms with E-state index in [0.29, 0.717) is 17.2 Å². The molecule has 11 heteroatoms. The van der Waals surface area contributed by atoms with Crippen molar-refractivity contribution >= 4 is 51.8 Å². The van der Waals surface area contributed by atoms with Crippen LogP contribution >= 0.6 is 23.2 Å². The van der Waals surface area contributed by atoms with Crippen LogP contribution in [0.25, 0.3) is 11.0 Å². The van der Waals surface area contributed by atoms with E-state index in [1.807, 2.05) is 13.0 Å². The minimum Gasteiger partial charge on any atom is -0.394 e. The van der Waals surface area contributed by atoms with Gasteiger partial charge in [-0.25, -0.2) is 19.8 Å². The monoisotopic (exact) mass is 451 g/mol. The zero-order chi connectivity index (χ0) is 22.2. The second-order valence-corrected chi connectivity index (χ2v) is 7.87. The number of aliphatic hydroxyl groups excluding tert-OH is 1. The summed E-state index contributed by atoms with van der Waals surface area (Å²) in [7, 11) is 1.81. The number of anilines is 2. The molecule has 0 atom stereocenters. The van der Waals surface area contributed by atoms with Crippen molar-refractivity contribution in [2.45, 2.75) is 26.7 Å². The number of aliphatic hydroxyl groups is 1. The Hall–Kier alpha value is -2.62. The van der Waals surface area contributed by atoms with Crippen LogP contribution in [-0.4, -0.2) is 44.0 Å². The number of carbonyl (C=O) groups is 1. The molecule has 0 radical (unpaired) electrons. The zero-order valence-electron chi connectivity index (χ0n) is 17.1. The molecule has 3 aromatic rings. The molecule has 0 bridgehead atoms. The Labute approximate surface area is 184 Å². The molecule has 2 amide bonds. The summed E-state index contributed by atoms with van der Waals surface area (Å²) in [4.78, 5) is 21.1. The first-order valence-electron chi connectivity index (χ1n) is 9.29. The van der Waals surface area contributed by atoms with Crippen LogP contribution in [0, 0.1) is 6.92 Å². The third kappa shape index (κ3) is 4.14. The van der Waals surface area contributed by atoms with Gasteiger partial charge in [0.25, 0.3) is 0 Å². The van der Waals surface area contributed by atoms with Gasteiger partial charge in [-0.1, -0.05) is 37.0 Å². The van der Waals surface area contributed by atoms with Gasteiger partial charge in [0.1, 0.15) is 10.3 Å². The molecule has 0 fully saturated rings. The lowest BCUT2D eigenvalue weighted by molar-refractivity contribution is 0.251. The Balaban J connectivity index is 2.25. The van der Waals surface area contributed by atoms with Crippen molar-refractivity contribution in [2.24, 2.45) is 12.8 Å². The number of hydrazine groups is 1. The van der Waals surface area contributed by atoms with Gasteiger partial charge in [0, 0.05) is 24.6 Å². The van der Waals surface area contributed by atoms with E-state index in [-0.39, 0.29) is 29.4 Å². The number of nitrogens with zero attached hydrogens (tertiary/aromatic N) is 6. The lowest BCUT2D eigenvalue weighted by Crippen LogP contribution is -2.51. The van der Waals surface area contributed by atoms with Gasteiger partial charge >= 0.3 is 6.03 Å². The van der Waals surface area contributed by atoms with Crippen molar-refractivity contribution in [3.63, 3.8) is 0 Å². The van der Waals surface area contributed by atoms with E-state index in [1.165, 1.54) is 17.1 Å². The van der Waals surface area contributed by atoms with E-state index >= 15 is 0 Å². The number of pyridine rings is 2. The number of carbonyl (C=O) groups excluding carboxylic acids is 1. The molecule has 3 aromatic heterocycles. The first kappa shape index (κ1) is 22.1. The van der Waals surface area contributed by atoms with E-state index in [9.17, 15) is 9.90 Å². The van der Waals surface area contributed by atoms with Crippen molar-refractivity contribution in [1.29, 1.82) is 0 Å². The summed E-state index contributed by atoms with van der Waals surface area (Å²) >= 11 is 12.1. The highest BCUT2D eigenvalue weighted by Gasteiger charge is 2.26. The Bertz CT molecular complexity index is 1080. The van der Waals surface area contributed by atoms with Crippen LogP contribution in [-0.2, 0) is 7.05 Å². The van der Waals surface area contributed by atoms with Gasteiger partial charge < -0.3 is 10.8 Å². The van der Waals surface area contributed by atoms with Crippen LogP contribution in [0.15, 0.2) is 18.2 Å². The van der Waals surface area contributed by atoms with E-state index in [0.717, 1.165) is 21.7 Å². The van der Waals surface area contributed by atoms with E-state index in [1.54, 1.807) is 11.7 Å². The third-order valence-electron chi connectivity index (χ3n) is 4.63. The summed E-state index contributed by atoms with van der Waals surface area (Å²) in [5, 5.41) is 18.0. The highest BCUT2D eigenvalue weighted by molar-refractivity contribution is 6.33. The fraction of sp³-hybridized carbons (Fsp3) is 0.368. The molecule has 160 valence electrons. The summed E-state index contributed by atoms with van der Waals surface area (Å²) in [6.07, 6.45) is 0. The van der Waals surface area contributed by atoms with Crippen LogP contribution < -0.4 is 15.8 Å². The second-order valence-electron chi connectivity index (χ2n) is 7.10. The largest absolute Gasteiger partial charge is 0.394 e. The normalized spacial score (nSPS) is 11.3. The molecule has 0 aliphatic rings. The maximum atomic E-state index is 12.4. The summed E-state index contributed by atoms with van der Waals surface area (Å²) < 4.78 is 1.69. The fourth-order valence-electron chi connectivity index (χ4n) is 3.42. The van der Waals surface area contributed by atoms with Crippen LogP contribution in [0.5, 0.6) is 0 Å². The van der Waals surface area contributed by atoms with E-state index < -0.39 is 6.03 Å². The van der Waals surface area contributed by atoms with Gasteiger partial charge in [-0.3, -0.25) is 9.69 Å². The molecule has 0 saturated carbocycles. The SMILES string of the molecule is Cc1nn(C)c2nc(N(CCO)N(C(N)=O)c3cc(Cl)nc(Cl)c3)cc(C(C)C)c12. The van der Waals surface area contributed by atoms with Crippen LogP contribution in [0.1, 0.15) is 31.0 Å². The number of halogens is 2. The van der Waals surface area contributed by atoms with Crippen LogP contribution in [0.4, 0.5) is 16.3 Å². The topological polar surface area (TPSA) is 113 Å². The maximum absolute atomic E-state index is 12.4. The molecule has 0 spiro atoms. The van der Waals surface area contributed by atoms with Gasteiger partial charge in [0.2, 0.25) is 0 Å². The van der Waals surface area contributed by atoms with Crippen molar-refractivity contribution in [3.05, 3.63) is 39.8 Å². The Morgan fingerprint density at radius 2 is 1.87 bits per heavy atom. The lowest BCUT2D eigenvalue weighted by Gasteiger charge is -2.34. The van der Waals surface area contributed by atoms with Gasteiger partial charge in [0.15, 0.2) is 11.5 Å². The van der Waals surface area contributed by atoms with Gasteiger partial charge in [-0.2, -0.15) is 5.10 Å². The van der Waals surface area contributed by atoms with E-state index in [2.05, 4.69) is 23.9 Å². The van der Waals surface area contributed by atoms with Crippen LogP contribution in [0.3, 0.4) is 0 Å². The molecule has 0 unspecified atom stereocenters. The first-order chi connectivity index (χ1) is 14.1. The minimum atomic E-state index is -0.795. The highest BCUT2D eigenvalue weighted by atomic mass is 35.5. The number of amides is 2. The summed E-state index contributed by atoms with van der Waals surface area (Å²) in [5.74, 6) is 0.589. The van der Waals surface area contributed by atoms with Crippen molar-refractivity contribution in [2.75, 3.05) is 23.2 Å².